The third kappa shape index (κ3) is 5.48. The Morgan fingerprint density at radius 3 is 2.55 bits per heavy atom. The second kappa shape index (κ2) is 6.61. The Morgan fingerprint density at radius 2 is 2.00 bits per heavy atom. The van der Waals surface area contributed by atoms with Gasteiger partial charge >= 0.3 is 5.97 Å². The molecule has 1 aromatic carbocycles. The molecule has 0 spiro atoms. The Balaban J connectivity index is 2.77. The highest BCUT2D eigenvalue weighted by atomic mass is 16.6. The largest absolute Gasteiger partial charge is 0.456 e. The minimum Gasteiger partial charge on any atom is -0.456 e. The van der Waals surface area contributed by atoms with E-state index in [-0.39, 0.29) is 5.97 Å². The molecule has 20 heavy (non-hydrogen) atoms. The number of hydrogen-bond acceptors (Lipinski definition) is 5. The van der Waals surface area contributed by atoms with Gasteiger partial charge in [-0.25, -0.2) is 4.79 Å². The van der Waals surface area contributed by atoms with Crippen molar-refractivity contribution in [3.05, 3.63) is 23.8 Å². The van der Waals surface area contributed by atoms with Crippen molar-refractivity contribution in [1.29, 1.82) is 0 Å². The van der Waals surface area contributed by atoms with Gasteiger partial charge in [-0.05, 0) is 53.1 Å². The number of nitrogens with zero attached hydrogens (tertiary/aromatic N) is 1. The van der Waals surface area contributed by atoms with Crippen LogP contribution in [0.4, 0.5) is 11.4 Å². The van der Waals surface area contributed by atoms with Crippen LogP contribution in [0.1, 0.15) is 31.1 Å². The van der Waals surface area contributed by atoms with Crippen LogP contribution in [0.2, 0.25) is 0 Å². The number of nitrogen functional groups attached to an aromatic ring is 1. The van der Waals surface area contributed by atoms with Gasteiger partial charge < -0.3 is 20.7 Å². The first kappa shape index (κ1) is 16.3. The number of anilines is 2. The molecule has 0 aromatic heterocycles. The Morgan fingerprint density at radius 1 is 1.35 bits per heavy atom. The average molecular weight is 279 g/mol. The predicted molar refractivity (Wildman–Crippen MR) is 83.1 cm³/mol. The van der Waals surface area contributed by atoms with Crippen LogP contribution in [0, 0.1) is 0 Å². The van der Waals surface area contributed by atoms with Crippen LogP contribution in [-0.2, 0) is 4.74 Å². The van der Waals surface area contributed by atoms with E-state index in [1.54, 1.807) is 18.2 Å². The van der Waals surface area contributed by atoms with E-state index in [1.165, 1.54) is 0 Å². The van der Waals surface area contributed by atoms with Crippen molar-refractivity contribution < 1.29 is 9.53 Å². The number of ether oxygens (including phenoxy) is 1. The molecule has 0 saturated heterocycles. The molecule has 0 heterocycles. The average Bonchev–Trinajstić information content (AvgIpc) is 2.28. The van der Waals surface area contributed by atoms with Crippen LogP contribution in [-0.4, -0.2) is 43.7 Å². The van der Waals surface area contributed by atoms with Crippen molar-refractivity contribution in [3.8, 4) is 0 Å². The quantitative estimate of drug-likeness (QED) is 0.639. The van der Waals surface area contributed by atoms with Gasteiger partial charge in [0.25, 0.3) is 0 Å². The van der Waals surface area contributed by atoms with E-state index < -0.39 is 5.60 Å². The molecule has 0 bridgehead atoms. The number of carbonyl (C=O) groups is 1. The molecule has 0 aliphatic carbocycles. The fourth-order valence-electron chi connectivity index (χ4n) is 1.59. The van der Waals surface area contributed by atoms with Crippen molar-refractivity contribution in [2.75, 3.05) is 38.2 Å². The van der Waals surface area contributed by atoms with E-state index in [0.29, 0.717) is 11.3 Å². The Kier molecular flexibility index (Phi) is 5.39. The molecular formula is C15H25N3O2. The number of likely N-dealkylation sites (N-methyl/N-ethyl adjacent to an activating group) is 1. The van der Waals surface area contributed by atoms with Gasteiger partial charge in [0.15, 0.2) is 0 Å². The predicted octanol–water partition coefficient (Wildman–Crippen LogP) is 2.20. The third-order valence-electron chi connectivity index (χ3n) is 2.56. The molecule has 3 N–H and O–H groups in total. The molecule has 5 nitrogen and oxygen atoms in total. The lowest BCUT2D eigenvalue weighted by molar-refractivity contribution is 0.00696. The molecule has 112 valence electrons. The summed E-state index contributed by atoms with van der Waals surface area (Å²) in [6, 6.07) is 5.14. The van der Waals surface area contributed by atoms with Gasteiger partial charge in [0.05, 0.1) is 16.9 Å². The molecule has 0 unspecified atom stereocenters. The van der Waals surface area contributed by atoms with Gasteiger partial charge in [0.1, 0.15) is 5.60 Å². The van der Waals surface area contributed by atoms with Crippen LogP contribution in [0.3, 0.4) is 0 Å². The van der Waals surface area contributed by atoms with E-state index in [0.717, 1.165) is 18.8 Å². The van der Waals surface area contributed by atoms with Crippen molar-refractivity contribution in [2.45, 2.75) is 26.4 Å². The van der Waals surface area contributed by atoms with E-state index >= 15 is 0 Å². The van der Waals surface area contributed by atoms with Crippen LogP contribution >= 0.6 is 0 Å². The molecule has 0 fully saturated rings. The van der Waals surface area contributed by atoms with E-state index in [1.807, 2.05) is 34.9 Å². The summed E-state index contributed by atoms with van der Waals surface area (Å²) in [5.41, 5.74) is 7.28. The molecule has 1 aromatic rings. The number of rotatable bonds is 5. The lowest BCUT2D eigenvalue weighted by Gasteiger charge is -2.20. The van der Waals surface area contributed by atoms with E-state index in [4.69, 9.17) is 10.5 Å². The molecule has 0 radical (unpaired) electrons. The highest BCUT2D eigenvalue weighted by Gasteiger charge is 2.18. The second-order valence-electron chi connectivity index (χ2n) is 6.03. The highest BCUT2D eigenvalue weighted by Crippen LogP contribution is 2.21. The fraction of sp³-hybridized carbons (Fsp3) is 0.533. The summed E-state index contributed by atoms with van der Waals surface area (Å²) >= 11 is 0. The van der Waals surface area contributed by atoms with Crippen molar-refractivity contribution in [3.63, 3.8) is 0 Å². The number of nitrogens with one attached hydrogen (secondary N) is 1. The molecule has 1 rings (SSSR count). The van der Waals surface area contributed by atoms with Gasteiger partial charge in [-0.15, -0.1) is 0 Å². The zero-order valence-corrected chi connectivity index (χ0v) is 13.0. The zero-order valence-electron chi connectivity index (χ0n) is 13.0. The summed E-state index contributed by atoms with van der Waals surface area (Å²) in [5.74, 6) is -0.340. The maximum absolute atomic E-state index is 12.0. The molecule has 0 atom stereocenters. The lowest BCUT2D eigenvalue weighted by Crippen LogP contribution is -2.24. The number of nitrogens with two attached hydrogens (primary N) is 1. The van der Waals surface area contributed by atoms with Crippen molar-refractivity contribution in [2.24, 2.45) is 0 Å². The summed E-state index contributed by atoms with van der Waals surface area (Å²) in [6.07, 6.45) is 0. The smallest absolute Gasteiger partial charge is 0.338 e. The number of benzene rings is 1. The maximum atomic E-state index is 12.0. The molecule has 5 heteroatoms. The lowest BCUT2D eigenvalue weighted by atomic mass is 10.1. The SMILES string of the molecule is CN(C)CCNc1cc(C(=O)OC(C)(C)C)ccc1N. The van der Waals surface area contributed by atoms with Gasteiger partial charge in [0, 0.05) is 13.1 Å². The first-order chi connectivity index (χ1) is 9.19. The topological polar surface area (TPSA) is 67.6 Å². The van der Waals surface area contributed by atoms with E-state index in [9.17, 15) is 4.79 Å². The maximum Gasteiger partial charge on any atom is 0.338 e. The van der Waals surface area contributed by atoms with Gasteiger partial charge in [-0.2, -0.15) is 0 Å². The van der Waals surface area contributed by atoms with Crippen molar-refractivity contribution in [1.82, 2.24) is 4.90 Å². The number of hydrogen-bond donors (Lipinski definition) is 2. The molecule has 0 amide bonds. The monoisotopic (exact) mass is 279 g/mol. The Hall–Kier alpha value is -1.75. The summed E-state index contributed by atoms with van der Waals surface area (Å²) in [5, 5.41) is 3.23. The summed E-state index contributed by atoms with van der Waals surface area (Å²) in [7, 11) is 4.00. The first-order valence-corrected chi connectivity index (χ1v) is 6.70. The van der Waals surface area contributed by atoms with Crippen LogP contribution < -0.4 is 11.1 Å². The van der Waals surface area contributed by atoms with Gasteiger partial charge in [-0.1, -0.05) is 0 Å². The highest BCUT2D eigenvalue weighted by molar-refractivity contribution is 5.92. The number of esters is 1. The van der Waals surface area contributed by atoms with Crippen LogP contribution in [0.25, 0.3) is 0 Å². The summed E-state index contributed by atoms with van der Waals surface area (Å²) in [6.45, 7) is 7.18. The van der Waals surface area contributed by atoms with E-state index in [2.05, 4.69) is 10.2 Å². The second-order valence-corrected chi connectivity index (χ2v) is 6.03. The van der Waals surface area contributed by atoms with Gasteiger partial charge in [0.2, 0.25) is 0 Å². The number of carbonyl (C=O) groups excluding carboxylic acids is 1. The molecular weight excluding hydrogens is 254 g/mol. The van der Waals surface area contributed by atoms with Crippen LogP contribution in [0.5, 0.6) is 0 Å². The minimum absolute atomic E-state index is 0.340. The Bertz CT molecular complexity index is 465. The fourth-order valence-corrected chi connectivity index (χ4v) is 1.59. The molecule has 0 aliphatic rings. The van der Waals surface area contributed by atoms with Gasteiger partial charge in [-0.3, -0.25) is 0 Å². The van der Waals surface area contributed by atoms with Crippen LogP contribution in [0.15, 0.2) is 18.2 Å². The molecule has 0 aliphatic heterocycles. The minimum atomic E-state index is -0.503. The third-order valence-corrected chi connectivity index (χ3v) is 2.56. The summed E-state index contributed by atoms with van der Waals surface area (Å²) < 4.78 is 5.35. The first-order valence-electron chi connectivity index (χ1n) is 6.70. The normalized spacial score (nSPS) is 11.5. The summed E-state index contributed by atoms with van der Waals surface area (Å²) in [4.78, 5) is 14.1. The zero-order chi connectivity index (χ0) is 15.3. The standard InChI is InChI=1S/C15H25N3O2/c1-15(2,3)20-14(19)11-6-7-12(16)13(10-11)17-8-9-18(4)5/h6-7,10,17H,8-9,16H2,1-5H3. The Labute approximate surface area is 121 Å². The van der Waals surface area contributed by atoms with Crippen molar-refractivity contribution >= 4 is 17.3 Å². The molecule has 0 saturated carbocycles.